The van der Waals surface area contributed by atoms with Gasteiger partial charge in [0, 0.05) is 0 Å². The summed E-state index contributed by atoms with van der Waals surface area (Å²) in [5.74, 6) is 0. The molecule has 0 aliphatic carbocycles. The van der Waals surface area contributed by atoms with Crippen LogP contribution in [0.3, 0.4) is 0 Å². The van der Waals surface area contributed by atoms with Crippen molar-refractivity contribution in [2.75, 3.05) is 0 Å². The predicted molar refractivity (Wildman–Crippen MR) is 10.4 cm³/mol. The second-order valence-corrected chi connectivity index (χ2v) is 3.08. The van der Waals surface area contributed by atoms with Crippen molar-refractivity contribution in [1.29, 1.82) is 0 Å². The Morgan fingerprint density at radius 2 is 1.33 bits per heavy atom. The number of hydrogen-bond donors (Lipinski definition) is 0. The van der Waals surface area contributed by atoms with Gasteiger partial charge in [0.2, 0.25) is 0 Å². The second kappa shape index (κ2) is 2.61. The van der Waals surface area contributed by atoms with Gasteiger partial charge in [-0.3, -0.25) is 0 Å². The first kappa shape index (κ1) is 6.47. The van der Waals surface area contributed by atoms with Gasteiger partial charge in [0.15, 0.2) is 0 Å². The fourth-order valence-electron chi connectivity index (χ4n) is 0. The van der Waals surface area contributed by atoms with Gasteiger partial charge in [-0.15, -0.1) is 0 Å². The van der Waals surface area contributed by atoms with Crippen LogP contribution in [-0.2, 0) is 26.1 Å². The molecular weight excluding hydrogens is 282 g/mol. The van der Waals surface area contributed by atoms with Crippen LogP contribution in [0.15, 0.2) is 9.42 Å². The van der Waals surface area contributed by atoms with E-state index in [1.54, 1.807) is 0 Å². The molecule has 31 valence electrons. The van der Waals surface area contributed by atoms with E-state index in [1.165, 1.54) is 0 Å². The Labute approximate surface area is 49.0 Å². The molecule has 0 aliphatic rings. The topological polar surface area (TPSA) is 0 Å². The van der Waals surface area contributed by atoms with Crippen LogP contribution in [0.1, 0.15) is 0 Å². The monoisotopic (exact) mass is 283 g/mol. The van der Waals surface area contributed by atoms with Gasteiger partial charge in [0.1, 0.15) is 0 Å². The zero-order valence-corrected chi connectivity index (χ0v) is 8.34. The van der Waals surface area contributed by atoms with Gasteiger partial charge in [-0.25, -0.2) is 0 Å². The summed E-state index contributed by atoms with van der Waals surface area (Å²) in [5.41, 5.74) is 0. The summed E-state index contributed by atoms with van der Waals surface area (Å²) in [7, 11) is 0. The molecule has 0 aromatic carbocycles. The summed E-state index contributed by atoms with van der Waals surface area (Å²) >= 11 is -0.539. The molecule has 0 spiro atoms. The van der Waals surface area contributed by atoms with Crippen LogP contribution in [0.4, 0.5) is 13.2 Å². The summed E-state index contributed by atoms with van der Waals surface area (Å²) in [6, 6.07) is 0. The van der Waals surface area contributed by atoms with Crippen molar-refractivity contribution in [1.82, 2.24) is 0 Å². The van der Waals surface area contributed by atoms with Gasteiger partial charge in [0.25, 0.3) is 0 Å². The van der Waals surface area contributed by atoms with Crippen molar-refractivity contribution in [3.63, 3.8) is 0 Å². The summed E-state index contributed by atoms with van der Waals surface area (Å²) in [5, 5.41) is 0. The molecule has 0 atom stereocenters. The molecule has 4 heteroatoms. The Bertz CT molecular complexity index is 58.9. The summed E-state index contributed by atoms with van der Waals surface area (Å²) in [6.07, 6.45) is -2.15. The van der Waals surface area contributed by atoms with E-state index in [1.807, 2.05) is 0 Å². The van der Waals surface area contributed by atoms with Crippen LogP contribution in [0.2, 0.25) is 0 Å². The quantitative estimate of drug-likeness (QED) is 0.591. The molecule has 0 saturated carbocycles. The van der Waals surface area contributed by atoms with Crippen molar-refractivity contribution in [2.45, 2.75) is 0 Å². The van der Waals surface area contributed by atoms with Crippen LogP contribution in [0.25, 0.3) is 0 Å². The maximum atomic E-state index is 11.0. The van der Waals surface area contributed by atoms with Crippen molar-refractivity contribution >= 4 is 0 Å². The van der Waals surface area contributed by atoms with Gasteiger partial charge in [-0.1, -0.05) is 0 Å². The molecule has 0 fully saturated rings. The van der Waals surface area contributed by atoms with Crippen LogP contribution >= 0.6 is 0 Å². The first-order chi connectivity index (χ1) is 2.64. The SMILES string of the molecule is FC(F)=[C](F)[Hg]. The minimum absolute atomic E-state index is 0.539. The van der Waals surface area contributed by atoms with Gasteiger partial charge in [-0.05, 0) is 0 Å². The first-order valence-electron chi connectivity index (χ1n) is 1.17. The number of hydrogen-bond acceptors (Lipinski definition) is 0. The van der Waals surface area contributed by atoms with Gasteiger partial charge in [0.05, 0.1) is 0 Å². The van der Waals surface area contributed by atoms with E-state index in [9.17, 15) is 13.2 Å². The molecule has 0 heterocycles. The van der Waals surface area contributed by atoms with Crippen molar-refractivity contribution in [2.24, 2.45) is 0 Å². The molecular formula is C2F3Hg. The van der Waals surface area contributed by atoms with E-state index < -0.39 is 35.5 Å². The molecule has 0 aromatic rings. The molecule has 0 saturated heterocycles. The summed E-state index contributed by atoms with van der Waals surface area (Å²) < 4.78 is 31.2. The normalized spacial score (nSPS) is 8.17. The van der Waals surface area contributed by atoms with Gasteiger partial charge < -0.3 is 0 Å². The fraction of sp³-hybridized carbons (Fsp3) is 0. The van der Waals surface area contributed by atoms with E-state index in [-0.39, 0.29) is 0 Å². The van der Waals surface area contributed by atoms with Crippen LogP contribution < -0.4 is 0 Å². The Hall–Kier alpha value is 0.465. The minimum atomic E-state index is -2.15. The van der Waals surface area contributed by atoms with Crippen molar-refractivity contribution < 1.29 is 39.3 Å². The van der Waals surface area contributed by atoms with Crippen LogP contribution in [0, 0.1) is 0 Å². The standard InChI is InChI=1S/C2F3.Hg/c3-1-2(4)5;. The molecule has 6 heavy (non-hydrogen) atoms. The average Bonchev–Trinajstić information content (AvgIpc) is 1.36. The van der Waals surface area contributed by atoms with Crippen molar-refractivity contribution in [3.05, 3.63) is 9.42 Å². The first-order valence-corrected chi connectivity index (χ1v) is 3.92. The van der Waals surface area contributed by atoms with Crippen LogP contribution in [0.5, 0.6) is 0 Å². The molecule has 0 unspecified atom stereocenters. The molecule has 0 N–H and O–H groups in total. The third-order valence-corrected chi connectivity index (χ3v) is 1.24. The molecule has 0 aliphatic heterocycles. The molecule has 0 rings (SSSR count). The molecule has 0 aromatic heterocycles. The van der Waals surface area contributed by atoms with E-state index in [0.29, 0.717) is 0 Å². The van der Waals surface area contributed by atoms with E-state index >= 15 is 0 Å². The van der Waals surface area contributed by atoms with Gasteiger partial charge >= 0.3 is 48.7 Å². The Morgan fingerprint density at radius 1 is 1.17 bits per heavy atom. The fourth-order valence-corrected chi connectivity index (χ4v) is 0. The zero-order valence-electron chi connectivity index (χ0n) is 2.84. The van der Waals surface area contributed by atoms with Gasteiger partial charge in [-0.2, -0.15) is 0 Å². The van der Waals surface area contributed by atoms with Crippen molar-refractivity contribution in [3.8, 4) is 0 Å². The van der Waals surface area contributed by atoms with E-state index in [4.69, 9.17) is 0 Å². The number of halogens is 3. The van der Waals surface area contributed by atoms with Crippen LogP contribution in [-0.4, -0.2) is 0 Å². The molecule has 0 nitrogen and oxygen atoms in total. The zero-order chi connectivity index (χ0) is 5.15. The summed E-state index contributed by atoms with van der Waals surface area (Å²) in [6.45, 7) is 0. The Balaban J connectivity index is 3.68. The summed E-state index contributed by atoms with van der Waals surface area (Å²) in [4.78, 5) is 0. The maximum absolute atomic E-state index is 11.0. The Kier molecular flexibility index (Phi) is 2.81. The Morgan fingerprint density at radius 3 is 1.33 bits per heavy atom. The van der Waals surface area contributed by atoms with E-state index in [2.05, 4.69) is 0 Å². The third-order valence-electron chi connectivity index (χ3n) is 0.205. The molecule has 0 amide bonds. The average molecular weight is 282 g/mol. The molecule has 0 radical (unpaired) electrons. The molecule has 0 bridgehead atoms. The third kappa shape index (κ3) is 2.69. The number of rotatable bonds is 0. The van der Waals surface area contributed by atoms with E-state index in [0.717, 1.165) is 0 Å². The predicted octanol–water partition coefficient (Wildman–Crippen LogP) is 1.57. The second-order valence-electron chi connectivity index (χ2n) is 0.665.